The Morgan fingerprint density at radius 2 is 1.93 bits per heavy atom. The van der Waals surface area contributed by atoms with Crippen molar-refractivity contribution in [2.24, 2.45) is 0 Å². The minimum Gasteiger partial charge on any atom is -0.338 e. The minimum atomic E-state index is -0.655. The van der Waals surface area contributed by atoms with Crippen molar-refractivity contribution in [1.29, 1.82) is 0 Å². The minimum absolute atomic E-state index is 0.206. The maximum atomic E-state index is 13.4. The second-order valence-electron chi connectivity index (χ2n) is 6.58. The molecule has 0 saturated carbocycles. The first-order chi connectivity index (χ1) is 14.2. The smallest absolute Gasteiger partial charge is 0.321 e. The molecule has 2 N–H and O–H groups in total. The van der Waals surface area contributed by atoms with E-state index in [9.17, 15) is 14.4 Å². The molecular weight excluding hydrogens is 444 g/mol. The highest BCUT2D eigenvalue weighted by atomic mass is 35.5. The van der Waals surface area contributed by atoms with Gasteiger partial charge < -0.3 is 5.32 Å². The van der Waals surface area contributed by atoms with E-state index in [1.807, 2.05) is 13.8 Å². The van der Waals surface area contributed by atoms with Crippen LogP contribution in [0.1, 0.15) is 24.3 Å². The lowest BCUT2D eigenvalue weighted by atomic mass is 10.2. The maximum absolute atomic E-state index is 13.4. The fraction of sp³-hybridized carbons (Fsp3) is 0.300. The number of hydrogen-bond acceptors (Lipinski definition) is 6. The van der Waals surface area contributed by atoms with Gasteiger partial charge in [0.1, 0.15) is 4.83 Å². The number of fused-ring (bicyclic) bond motifs is 1. The Balaban J connectivity index is 2.07. The van der Waals surface area contributed by atoms with Crippen molar-refractivity contribution in [2.45, 2.75) is 38.1 Å². The van der Waals surface area contributed by atoms with Crippen LogP contribution in [0, 0.1) is 13.8 Å². The fourth-order valence-electron chi connectivity index (χ4n) is 2.80. The topological polar surface area (TPSA) is 93.1 Å². The van der Waals surface area contributed by atoms with Gasteiger partial charge in [0.05, 0.1) is 16.3 Å². The first kappa shape index (κ1) is 22.3. The molecule has 0 bridgehead atoms. The van der Waals surface area contributed by atoms with Gasteiger partial charge in [-0.25, -0.2) is 9.78 Å². The molecule has 10 heteroatoms. The third-order valence-corrected chi connectivity index (χ3v) is 6.89. The molecule has 0 saturated heterocycles. The highest BCUT2D eigenvalue weighted by Gasteiger charge is 2.23. The van der Waals surface area contributed by atoms with Gasteiger partial charge in [-0.15, -0.1) is 11.3 Å². The monoisotopic (exact) mass is 464 g/mol. The van der Waals surface area contributed by atoms with Gasteiger partial charge in [0.2, 0.25) is 5.91 Å². The molecule has 1 atom stereocenters. The molecule has 3 amide bonds. The Hall–Kier alpha value is -2.36. The summed E-state index contributed by atoms with van der Waals surface area (Å²) >= 11 is 8.56. The van der Waals surface area contributed by atoms with Crippen molar-refractivity contribution < 1.29 is 9.59 Å². The zero-order valence-electron chi connectivity index (χ0n) is 16.9. The second-order valence-corrected chi connectivity index (χ2v) is 9.53. The molecule has 0 fully saturated rings. The fourth-order valence-corrected chi connectivity index (χ4v) is 4.93. The maximum Gasteiger partial charge on any atom is 0.321 e. The molecule has 2 aromatic heterocycles. The summed E-state index contributed by atoms with van der Waals surface area (Å²) in [6, 6.07) is 6.29. The van der Waals surface area contributed by atoms with E-state index in [4.69, 9.17) is 11.6 Å². The number of urea groups is 1. The van der Waals surface area contributed by atoms with Crippen molar-refractivity contribution in [2.75, 3.05) is 6.54 Å². The van der Waals surface area contributed by atoms with Crippen molar-refractivity contribution in [3.8, 4) is 5.69 Å². The molecule has 0 aliphatic carbocycles. The number of rotatable bonds is 5. The Bertz CT molecular complexity index is 1170. The molecule has 1 unspecified atom stereocenters. The predicted octanol–water partition coefficient (Wildman–Crippen LogP) is 4.04. The van der Waals surface area contributed by atoms with Crippen LogP contribution in [0.3, 0.4) is 0 Å². The van der Waals surface area contributed by atoms with E-state index < -0.39 is 17.2 Å². The molecule has 1 aromatic carbocycles. The van der Waals surface area contributed by atoms with Gasteiger partial charge >= 0.3 is 6.03 Å². The molecule has 158 valence electrons. The van der Waals surface area contributed by atoms with Crippen molar-refractivity contribution in [3.05, 3.63) is 50.1 Å². The third-order valence-electron chi connectivity index (χ3n) is 4.48. The number of carbonyl (C=O) groups is 2. The van der Waals surface area contributed by atoms with Crippen LogP contribution in [-0.4, -0.2) is 33.3 Å². The standard InChI is InChI=1S/C20H21ClN4O3S2/c1-5-22-19(28)23-16(26)12(4)30-20-24-17-15(10(2)11(3)29-17)18(27)25(20)14-8-6-13(21)7-9-14/h6-9,12H,5H2,1-4H3,(H2,22,23,26,28). The zero-order valence-corrected chi connectivity index (χ0v) is 19.3. The number of halogens is 1. The highest BCUT2D eigenvalue weighted by molar-refractivity contribution is 8.00. The Morgan fingerprint density at radius 1 is 1.27 bits per heavy atom. The number of hydrogen-bond donors (Lipinski definition) is 2. The van der Waals surface area contributed by atoms with Crippen LogP contribution in [0.25, 0.3) is 15.9 Å². The van der Waals surface area contributed by atoms with Crippen molar-refractivity contribution >= 4 is 56.9 Å². The SMILES string of the molecule is CCNC(=O)NC(=O)C(C)Sc1nc2sc(C)c(C)c2c(=O)n1-c1ccc(Cl)cc1. The Labute approximate surface area is 186 Å². The van der Waals surface area contributed by atoms with Gasteiger partial charge in [0.15, 0.2) is 5.16 Å². The van der Waals surface area contributed by atoms with Gasteiger partial charge in [-0.3, -0.25) is 19.5 Å². The first-order valence-electron chi connectivity index (χ1n) is 9.27. The van der Waals surface area contributed by atoms with Gasteiger partial charge in [0.25, 0.3) is 5.56 Å². The molecule has 7 nitrogen and oxygen atoms in total. The quantitative estimate of drug-likeness (QED) is 0.439. The van der Waals surface area contributed by atoms with Crippen LogP contribution in [0.5, 0.6) is 0 Å². The van der Waals surface area contributed by atoms with Crippen LogP contribution in [-0.2, 0) is 4.79 Å². The van der Waals surface area contributed by atoms with E-state index in [1.54, 1.807) is 38.1 Å². The van der Waals surface area contributed by atoms with Crippen LogP contribution >= 0.6 is 34.7 Å². The molecule has 2 heterocycles. The molecule has 3 rings (SSSR count). The average Bonchev–Trinajstić information content (AvgIpc) is 2.97. The zero-order chi connectivity index (χ0) is 22.0. The second kappa shape index (κ2) is 9.20. The summed E-state index contributed by atoms with van der Waals surface area (Å²) in [6.45, 7) is 7.68. The molecule has 0 spiro atoms. The van der Waals surface area contributed by atoms with E-state index in [0.29, 0.717) is 32.6 Å². The predicted molar refractivity (Wildman–Crippen MR) is 122 cm³/mol. The number of thioether (sulfide) groups is 1. The number of thiophene rings is 1. The van der Waals surface area contributed by atoms with Crippen molar-refractivity contribution in [3.63, 3.8) is 0 Å². The molecular formula is C20H21ClN4O3S2. The molecule has 0 aliphatic heterocycles. The first-order valence-corrected chi connectivity index (χ1v) is 11.3. The number of nitrogens with zero attached hydrogens (tertiary/aromatic N) is 2. The summed E-state index contributed by atoms with van der Waals surface area (Å²) in [4.78, 5) is 43.8. The molecule has 3 aromatic rings. The lowest BCUT2D eigenvalue weighted by Gasteiger charge is -2.15. The van der Waals surface area contributed by atoms with Gasteiger partial charge in [-0.2, -0.15) is 0 Å². The number of benzene rings is 1. The van der Waals surface area contributed by atoms with E-state index in [0.717, 1.165) is 22.2 Å². The largest absolute Gasteiger partial charge is 0.338 e. The summed E-state index contributed by atoms with van der Waals surface area (Å²) in [6.07, 6.45) is 0. The summed E-state index contributed by atoms with van der Waals surface area (Å²) in [5, 5.41) is 5.64. The van der Waals surface area contributed by atoms with Crippen LogP contribution in [0.15, 0.2) is 34.2 Å². The number of aromatic nitrogens is 2. The Morgan fingerprint density at radius 3 is 2.57 bits per heavy atom. The molecule has 0 radical (unpaired) electrons. The number of imide groups is 1. The number of carbonyl (C=O) groups excluding carboxylic acids is 2. The highest BCUT2D eigenvalue weighted by Crippen LogP contribution is 2.31. The molecule has 30 heavy (non-hydrogen) atoms. The van der Waals surface area contributed by atoms with Crippen LogP contribution in [0.4, 0.5) is 4.79 Å². The summed E-state index contributed by atoms with van der Waals surface area (Å²) in [7, 11) is 0. The third kappa shape index (κ3) is 4.53. The number of nitrogens with one attached hydrogen (secondary N) is 2. The number of amides is 3. The van der Waals surface area contributed by atoms with E-state index >= 15 is 0 Å². The van der Waals surface area contributed by atoms with E-state index in [1.165, 1.54) is 15.9 Å². The Kier molecular flexibility index (Phi) is 6.84. The number of aryl methyl sites for hydroxylation is 2. The van der Waals surface area contributed by atoms with Gasteiger partial charge in [-0.05, 0) is 57.5 Å². The van der Waals surface area contributed by atoms with Gasteiger partial charge in [0, 0.05) is 16.4 Å². The lowest BCUT2D eigenvalue weighted by Crippen LogP contribution is -2.42. The van der Waals surface area contributed by atoms with E-state index in [2.05, 4.69) is 15.6 Å². The summed E-state index contributed by atoms with van der Waals surface area (Å²) in [5.74, 6) is -0.471. The van der Waals surface area contributed by atoms with E-state index in [-0.39, 0.29) is 5.56 Å². The van der Waals surface area contributed by atoms with Crippen LogP contribution < -0.4 is 16.2 Å². The lowest BCUT2D eigenvalue weighted by molar-refractivity contribution is -0.119. The normalized spacial score (nSPS) is 12.0. The summed E-state index contributed by atoms with van der Waals surface area (Å²) in [5.41, 5.74) is 1.29. The summed E-state index contributed by atoms with van der Waals surface area (Å²) < 4.78 is 1.48. The van der Waals surface area contributed by atoms with Crippen molar-refractivity contribution in [1.82, 2.24) is 20.2 Å². The van der Waals surface area contributed by atoms with Gasteiger partial charge in [-0.1, -0.05) is 23.4 Å². The molecule has 0 aliphatic rings. The van der Waals surface area contributed by atoms with Crippen LogP contribution in [0.2, 0.25) is 5.02 Å². The average molecular weight is 465 g/mol.